The number of fused-ring (bicyclic) bond motifs is 1. The van der Waals surface area contributed by atoms with Crippen LogP contribution in [0.25, 0.3) is 5.69 Å². The number of nitrogens with zero attached hydrogens (tertiary/aromatic N) is 3. The van der Waals surface area contributed by atoms with Crippen molar-refractivity contribution < 1.29 is 22.8 Å². The van der Waals surface area contributed by atoms with Gasteiger partial charge in [0.05, 0.1) is 34.2 Å². The van der Waals surface area contributed by atoms with Gasteiger partial charge in [-0.05, 0) is 55.4 Å². The van der Waals surface area contributed by atoms with Gasteiger partial charge in [0.1, 0.15) is 0 Å². The van der Waals surface area contributed by atoms with Crippen LogP contribution in [0.3, 0.4) is 0 Å². The Morgan fingerprint density at radius 2 is 1.91 bits per heavy atom. The van der Waals surface area contributed by atoms with E-state index < -0.39 is 11.7 Å². The zero-order valence-corrected chi connectivity index (χ0v) is 19.8. The van der Waals surface area contributed by atoms with E-state index in [-0.39, 0.29) is 23.3 Å². The summed E-state index contributed by atoms with van der Waals surface area (Å²) >= 11 is 0. The first kappa shape index (κ1) is 24.3. The Labute approximate surface area is 197 Å². The van der Waals surface area contributed by atoms with Gasteiger partial charge in [-0.25, -0.2) is 9.48 Å². The number of alkyl halides is 3. The molecule has 2 aromatic rings. The predicted octanol–water partition coefficient (Wildman–Crippen LogP) is 5.69. The smallest absolute Gasteiger partial charge is 0.338 e. The van der Waals surface area contributed by atoms with Crippen LogP contribution in [0.4, 0.5) is 18.0 Å². The number of rotatable bonds is 5. The second-order valence-corrected chi connectivity index (χ2v) is 10.0. The highest BCUT2D eigenvalue weighted by molar-refractivity contribution is 6.00. The highest BCUT2D eigenvalue weighted by Crippen LogP contribution is 2.42. The standard InChI is InChI=1S/C25H31F3N4O2/c1-4-5-12-29-23(34)31-13-6-7-18(31)22-21-19(14-24(2,3)15-20(21)33)32(30-22)17-10-8-16(9-11-17)25(26,27)28/h8-11,18H,4-7,12-15H2,1-3H3,(H,29,34)/t18-/m0/s1. The number of halogens is 3. The van der Waals surface area contributed by atoms with Gasteiger partial charge in [0.15, 0.2) is 5.78 Å². The second kappa shape index (κ2) is 9.07. The molecule has 0 spiro atoms. The Bertz CT molecular complexity index is 1070. The van der Waals surface area contributed by atoms with Gasteiger partial charge >= 0.3 is 12.2 Å². The molecule has 2 amide bonds. The topological polar surface area (TPSA) is 67.2 Å². The molecule has 0 radical (unpaired) electrons. The number of urea groups is 1. The largest absolute Gasteiger partial charge is 0.416 e. The van der Waals surface area contributed by atoms with Crippen LogP contribution in [-0.4, -0.2) is 39.6 Å². The molecule has 1 saturated heterocycles. The van der Waals surface area contributed by atoms with Crippen LogP contribution in [0.5, 0.6) is 0 Å². The summed E-state index contributed by atoms with van der Waals surface area (Å²) in [5, 5.41) is 7.72. The number of ketones is 1. The minimum absolute atomic E-state index is 0.0300. The van der Waals surface area contributed by atoms with Crippen LogP contribution in [0, 0.1) is 5.41 Å². The molecule has 34 heavy (non-hydrogen) atoms. The van der Waals surface area contributed by atoms with E-state index >= 15 is 0 Å². The lowest BCUT2D eigenvalue weighted by Gasteiger charge is -2.30. The molecule has 0 unspecified atom stereocenters. The molecule has 1 aromatic heterocycles. The molecule has 1 fully saturated rings. The van der Waals surface area contributed by atoms with Crippen molar-refractivity contribution in [3.8, 4) is 5.69 Å². The van der Waals surface area contributed by atoms with E-state index in [1.54, 1.807) is 9.58 Å². The molecular weight excluding hydrogens is 445 g/mol. The molecule has 1 N–H and O–H groups in total. The van der Waals surface area contributed by atoms with E-state index in [1.165, 1.54) is 12.1 Å². The molecule has 6 nitrogen and oxygen atoms in total. The number of aromatic nitrogens is 2. The first-order valence-electron chi connectivity index (χ1n) is 11.9. The van der Waals surface area contributed by atoms with Crippen molar-refractivity contribution in [3.05, 3.63) is 46.8 Å². The summed E-state index contributed by atoms with van der Waals surface area (Å²) in [6, 6.07) is 4.32. The lowest BCUT2D eigenvalue weighted by atomic mass is 9.75. The molecule has 2 aliphatic rings. The summed E-state index contributed by atoms with van der Waals surface area (Å²) in [5.41, 5.74) is 1.22. The maximum atomic E-state index is 13.3. The average molecular weight is 477 g/mol. The van der Waals surface area contributed by atoms with Crippen molar-refractivity contribution >= 4 is 11.8 Å². The molecule has 2 heterocycles. The van der Waals surface area contributed by atoms with E-state index in [4.69, 9.17) is 5.10 Å². The van der Waals surface area contributed by atoms with Crippen molar-refractivity contribution in [3.63, 3.8) is 0 Å². The van der Waals surface area contributed by atoms with E-state index in [9.17, 15) is 22.8 Å². The van der Waals surface area contributed by atoms with E-state index in [1.807, 2.05) is 13.8 Å². The monoisotopic (exact) mass is 476 g/mol. The minimum Gasteiger partial charge on any atom is -0.338 e. The second-order valence-electron chi connectivity index (χ2n) is 10.0. The molecule has 9 heteroatoms. The lowest BCUT2D eigenvalue weighted by molar-refractivity contribution is -0.137. The summed E-state index contributed by atoms with van der Waals surface area (Å²) in [6.45, 7) is 7.22. The van der Waals surface area contributed by atoms with Gasteiger partial charge in [-0.3, -0.25) is 4.79 Å². The molecule has 1 aliphatic carbocycles. The van der Waals surface area contributed by atoms with Gasteiger partial charge in [0.25, 0.3) is 0 Å². The predicted molar refractivity (Wildman–Crippen MR) is 122 cm³/mol. The first-order chi connectivity index (χ1) is 16.0. The fourth-order valence-corrected chi connectivity index (χ4v) is 4.98. The molecular formula is C25H31F3N4O2. The maximum Gasteiger partial charge on any atom is 0.416 e. The average Bonchev–Trinajstić information content (AvgIpc) is 3.37. The van der Waals surface area contributed by atoms with Crippen LogP contribution >= 0.6 is 0 Å². The normalized spacial score (nSPS) is 19.9. The molecule has 1 aromatic carbocycles. The Morgan fingerprint density at radius 3 is 2.56 bits per heavy atom. The number of nitrogens with one attached hydrogen (secondary N) is 1. The summed E-state index contributed by atoms with van der Waals surface area (Å²) in [6.07, 6.45) is -0.157. The van der Waals surface area contributed by atoms with E-state index in [0.717, 1.165) is 31.4 Å². The Kier molecular flexibility index (Phi) is 6.48. The van der Waals surface area contributed by atoms with Crippen molar-refractivity contribution in [1.29, 1.82) is 0 Å². The summed E-state index contributed by atoms with van der Waals surface area (Å²) in [7, 11) is 0. The third kappa shape index (κ3) is 4.70. The zero-order chi connectivity index (χ0) is 24.7. The van der Waals surface area contributed by atoms with Gasteiger partial charge in [0.2, 0.25) is 0 Å². The van der Waals surface area contributed by atoms with Gasteiger partial charge in [-0.15, -0.1) is 0 Å². The lowest BCUT2D eigenvalue weighted by Crippen LogP contribution is -2.40. The van der Waals surface area contributed by atoms with Crippen molar-refractivity contribution in [2.75, 3.05) is 13.1 Å². The summed E-state index contributed by atoms with van der Waals surface area (Å²) in [4.78, 5) is 27.9. The van der Waals surface area contributed by atoms with E-state index in [2.05, 4.69) is 12.2 Å². The van der Waals surface area contributed by atoms with Gasteiger partial charge < -0.3 is 10.2 Å². The number of unbranched alkanes of at least 4 members (excludes halogenated alkanes) is 1. The van der Waals surface area contributed by atoms with Gasteiger partial charge in [-0.1, -0.05) is 27.2 Å². The van der Waals surface area contributed by atoms with Gasteiger partial charge in [-0.2, -0.15) is 18.3 Å². The molecule has 0 saturated carbocycles. The third-order valence-electron chi connectivity index (χ3n) is 6.65. The highest BCUT2D eigenvalue weighted by atomic mass is 19.4. The minimum atomic E-state index is -4.43. The van der Waals surface area contributed by atoms with Crippen LogP contribution in [0.2, 0.25) is 0 Å². The van der Waals surface area contributed by atoms with Crippen LogP contribution < -0.4 is 5.32 Å². The molecule has 184 valence electrons. The fourth-order valence-electron chi connectivity index (χ4n) is 4.98. The number of likely N-dealkylation sites (tertiary alicyclic amines) is 1. The van der Waals surface area contributed by atoms with Crippen LogP contribution in [0.15, 0.2) is 24.3 Å². The molecule has 4 rings (SSSR count). The fraction of sp³-hybridized carbons (Fsp3) is 0.560. The number of carbonyl (C=O) groups excluding carboxylic acids is 2. The maximum absolute atomic E-state index is 13.3. The first-order valence-corrected chi connectivity index (χ1v) is 11.9. The van der Waals surface area contributed by atoms with E-state index in [0.29, 0.717) is 55.0 Å². The number of carbonyl (C=O) groups is 2. The highest BCUT2D eigenvalue weighted by Gasteiger charge is 2.41. The van der Waals surface area contributed by atoms with Crippen molar-refractivity contribution in [2.24, 2.45) is 5.41 Å². The molecule has 0 bridgehead atoms. The Morgan fingerprint density at radius 1 is 1.21 bits per heavy atom. The Hall–Kier alpha value is -2.84. The SMILES string of the molecule is CCCCNC(=O)N1CCC[C@H]1c1nn(-c2ccc(C(F)(F)F)cc2)c2c1C(=O)CC(C)(C)C2. The summed E-state index contributed by atoms with van der Waals surface area (Å²) < 4.78 is 40.8. The Balaban J connectivity index is 1.75. The van der Waals surface area contributed by atoms with Crippen LogP contribution in [0.1, 0.15) is 86.2 Å². The third-order valence-corrected chi connectivity index (χ3v) is 6.65. The van der Waals surface area contributed by atoms with Crippen molar-refractivity contribution in [2.45, 2.75) is 71.5 Å². The number of hydrogen-bond acceptors (Lipinski definition) is 3. The summed E-state index contributed by atoms with van der Waals surface area (Å²) in [5.74, 6) is -0.0300. The zero-order valence-electron chi connectivity index (χ0n) is 19.8. The number of benzene rings is 1. The number of Topliss-reactive ketones (excluding diaryl/α,β-unsaturated/α-hetero) is 1. The van der Waals surface area contributed by atoms with Gasteiger partial charge in [0, 0.05) is 19.5 Å². The van der Waals surface area contributed by atoms with Crippen LogP contribution in [-0.2, 0) is 12.6 Å². The molecule has 1 aliphatic heterocycles. The number of amides is 2. The van der Waals surface area contributed by atoms with Crippen molar-refractivity contribution in [1.82, 2.24) is 20.0 Å². The molecule has 1 atom stereocenters. The number of hydrogen-bond donors (Lipinski definition) is 1. The quantitative estimate of drug-likeness (QED) is 0.564.